The predicted molar refractivity (Wildman–Crippen MR) is 64.4 cm³/mol. The highest BCUT2D eigenvalue weighted by Gasteiger charge is 2.41. The minimum atomic E-state index is -4.99. The van der Waals surface area contributed by atoms with E-state index in [1.165, 1.54) is 6.92 Å². The molecule has 0 fully saturated rings. The van der Waals surface area contributed by atoms with E-state index in [0.29, 0.717) is 12.3 Å². The number of hydrogen-bond donors (Lipinski definition) is 0. The summed E-state index contributed by atoms with van der Waals surface area (Å²) < 4.78 is 70.8. The zero-order chi connectivity index (χ0) is 16.5. The van der Waals surface area contributed by atoms with E-state index in [4.69, 9.17) is 0 Å². The molecule has 1 aromatic heterocycles. The smallest absolute Gasteiger partial charge is 0.434 e. The van der Waals surface area contributed by atoms with Crippen LogP contribution in [0.5, 0.6) is 0 Å². The average Bonchev–Trinajstić information content (AvgIpc) is 2.83. The first-order valence-corrected chi connectivity index (χ1v) is 6.03. The van der Waals surface area contributed by atoms with Gasteiger partial charge in [-0.15, -0.1) is 0 Å². The number of nitrogens with zero attached hydrogens (tertiary/aromatic N) is 2. The predicted octanol–water partition coefficient (Wildman–Crippen LogP) is 3.35. The van der Waals surface area contributed by atoms with Crippen molar-refractivity contribution in [1.82, 2.24) is 9.78 Å². The molecule has 1 aromatic carbocycles. The highest BCUT2D eigenvalue weighted by atomic mass is 19.4. The van der Waals surface area contributed by atoms with Gasteiger partial charge in [0.25, 0.3) is 0 Å². The standard InChI is InChI=1S/C13H9F5N2O2/c1-2-22-12(21)8-6-19-20(11(8)13(16,17)18)10-4-3-7(14)5-9(10)15/h3-6H,2H2,1H3. The molecule has 0 N–H and O–H groups in total. The van der Waals surface area contributed by atoms with E-state index in [2.05, 4.69) is 9.84 Å². The van der Waals surface area contributed by atoms with Gasteiger partial charge in [0.05, 0.1) is 12.8 Å². The molecule has 118 valence electrons. The van der Waals surface area contributed by atoms with Crippen LogP contribution in [0.2, 0.25) is 0 Å². The molecule has 4 nitrogen and oxygen atoms in total. The van der Waals surface area contributed by atoms with Crippen LogP contribution < -0.4 is 0 Å². The Morgan fingerprint density at radius 2 is 2.00 bits per heavy atom. The van der Waals surface area contributed by atoms with Crippen molar-refractivity contribution in [1.29, 1.82) is 0 Å². The van der Waals surface area contributed by atoms with Gasteiger partial charge in [0.1, 0.15) is 17.1 Å². The maximum atomic E-state index is 13.7. The molecule has 0 spiro atoms. The molecule has 0 saturated heterocycles. The lowest BCUT2D eigenvalue weighted by atomic mass is 10.2. The molecule has 0 aliphatic rings. The number of carbonyl (C=O) groups excluding carboxylic acids is 1. The second kappa shape index (κ2) is 5.74. The maximum absolute atomic E-state index is 13.7. The molecule has 1 heterocycles. The van der Waals surface area contributed by atoms with E-state index in [0.717, 1.165) is 12.1 Å². The van der Waals surface area contributed by atoms with Crippen molar-refractivity contribution in [2.24, 2.45) is 0 Å². The van der Waals surface area contributed by atoms with Crippen molar-refractivity contribution >= 4 is 5.97 Å². The summed E-state index contributed by atoms with van der Waals surface area (Å²) >= 11 is 0. The topological polar surface area (TPSA) is 44.1 Å². The summed E-state index contributed by atoms with van der Waals surface area (Å²) in [4.78, 5) is 11.6. The molecule has 0 radical (unpaired) electrons. The van der Waals surface area contributed by atoms with Crippen LogP contribution >= 0.6 is 0 Å². The molecular formula is C13H9F5N2O2. The second-order valence-electron chi connectivity index (χ2n) is 4.13. The van der Waals surface area contributed by atoms with Crippen LogP contribution in [0.1, 0.15) is 23.0 Å². The number of hydrogen-bond acceptors (Lipinski definition) is 3. The summed E-state index contributed by atoms with van der Waals surface area (Å²) in [7, 11) is 0. The van der Waals surface area contributed by atoms with E-state index in [1.54, 1.807) is 0 Å². The number of benzene rings is 1. The van der Waals surface area contributed by atoms with Crippen LogP contribution in [-0.4, -0.2) is 22.4 Å². The van der Waals surface area contributed by atoms with Crippen LogP contribution in [0.4, 0.5) is 22.0 Å². The summed E-state index contributed by atoms with van der Waals surface area (Å²) in [5, 5.41) is 3.38. The van der Waals surface area contributed by atoms with Gasteiger partial charge in [-0.05, 0) is 19.1 Å². The largest absolute Gasteiger partial charge is 0.462 e. The van der Waals surface area contributed by atoms with Crippen LogP contribution in [-0.2, 0) is 10.9 Å². The first-order chi connectivity index (χ1) is 10.3. The lowest BCUT2D eigenvalue weighted by molar-refractivity contribution is -0.143. The van der Waals surface area contributed by atoms with E-state index in [1.807, 2.05) is 0 Å². The fourth-order valence-corrected chi connectivity index (χ4v) is 1.82. The second-order valence-corrected chi connectivity index (χ2v) is 4.13. The first-order valence-electron chi connectivity index (χ1n) is 6.03. The maximum Gasteiger partial charge on any atom is 0.434 e. The molecule has 0 aliphatic heterocycles. The van der Waals surface area contributed by atoms with E-state index < -0.39 is 40.7 Å². The van der Waals surface area contributed by atoms with Gasteiger partial charge >= 0.3 is 12.1 Å². The lowest BCUT2D eigenvalue weighted by Crippen LogP contribution is -2.19. The molecule has 0 bridgehead atoms. The van der Waals surface area contributed by atoms with Crippen molar-refractivity contribution in [3.8, 4) is 5.69 Å². The number of halogens is 5. The first kappa shape index (κ1) is 15.9. The van der Waals surface area contributed by atoms with Gasteiger partial charge in [0.15, 0.2) is 11.5 Å². The molecular weight excluding hydrogens is 311 g/mol. The Balaban J connectivity index is 2.64. The molecule has 0 saturated carbocycles. The van der Waals surface area contributed by atoms with Crippen LogP contribution in [0.25, 0.3) is 5.69 Å². The number of aromatic nitrogens is 2. The summed E-state index contributed by atoms with van der Waals surface area (Å²) in [5.41, 5.74) is -2.97. The van der Waals surface area contributed by atoms with Gasteiger partial charge < -0.3 is 4.74 Å². The number of esters is 1. The Labute approximate surface area is 121 Å². The molecule has 0 atom stereocenters. The van der Waals surface area contributed by atoms with Crippen LogP contribution in [0, 0.1) is 11.6 Å². The van der Waals surface area contributed by atoms with E-state index in [-0.39, 0.29) is 11.3 Å². The zero-order valence-electron chi connectivity index (χ0n) is 11.1. The van der Waals surface area contributed by atoms with Crippen molar-refractivity contribution < 1.29 is 31.5 Å². The van der Waals surface area contributed by atoms with Crippen molar-refractivity contribution in [2.75, 3.05) is 6.61 Å². The normalized spacial score (nSPS) is 11.5. The third kappa shape index (κ3) is 2.92. The van der Waals surface area contributed by atoms with Crippen molar-refractivity contribution in [3.63, 3.8) is 0 Å². The van der Waals surface area contributed by atoms with Gasteiger partial charge in [-0.1, -0.05) is 0 Å². The van der Waals surface area contributed by atoms with Crippen LogP contribution in [0.3, 0.4) is 0 Å². The Hall–Kier alpha value is -2.45. The van der Waals surface area contributed by atoms with Crippen LogP contribution in [0.15, 0.2) is 24.4 Å². The highest BCUT2D eigenvalue weighted by molar-refractivity contribution is 5.90. The fourth-order valence-electron chi connectivity index (χ4n) is 1.82. The number of carbonyl (C=O) groups is 1. The summed E-state index contributed by atoms with van der Waals surface area (Å²) in [5.74, 6) is -3.43. The third-order valence-electron chi connectivity index (χ3n) is 2.67. The lowest BCUT2D eigenvalue weighted by Gasteiger charge is -2.12. The average molecular weight is 320 g/mol. The zero-order valence-corrected chi connectivity index (χ0v) is 11.1. The SMILES string of the molecule is CCOC(=O)c1cnn(-c2ccc(F)cc2F)c1C(F)(F)F. The molecule has 2 aromatic rings. The van der Waals surface area contributed by atoms with Gasteiger partial charge in [0.2, 0.25) is 0 Å². The number of alkyl halides is 3. The molecule has 9 heteroatoms. The number of rotatable bonds is 3. The monoisotopic (exact) mass is 320 g/mol. The number of ether oxygens (including phenoxy) is 1. The molecule has 0 amide bonds. The highest BCUT2D eigenvalue weighted by Crippen LogP contribution is 2.34. The van der Waals surface area contributed by atoms with Gasteiger partial charge in [-0.25, -0.2) is 18.3 Å². The molecule has 0 aliphatic carbocycles. The molecule has 0 unspecified atom stereocenters. The molecule has 22 heavy (non-hydrogen) atoms. The summed E-state index contributed by atoms with van der Waals surface area (Å²) in [6, 6.07) is 1.99. The Bertz CT molecular complexity index is 709. The summed E-state index contributed by atoms with van der Waals surface area (Å²) in [6.07, 6.45) is -4.36. The van der Waals surface area contributed by atoms with E-state index in [9.17, 15) is 26.7 Å². The fraction of sp³-hybridized carbons (Fsp3) is 0.231. The summed E-state index contributed by atoms with van der Waals surface area (Å²) in [6.45, 7) is 1.29. The third-order valence-corrected chi connectivity index (χ3v) is 2.67. The molecule has 2 rings (SSSR count). The van der Waals surface area contributed by atoms with Gasteiger partial charge in [0, 0.05) is 6.07 Å². The van der Waals surface area contributed by atoms with Gasteiger partial charge in [-0.3, -0.25) is 0 Å². The Morgan fingerprint density at radius 1 is 1.32 bits per heavy atom. The van der Waals surface area contributed by atoms with Crippen molar-refractivity contribution in [2.45, 2.75) is 13.1 Å². The quantitative estimate of drug-likeness (QED) is 0.643. The van der Waals surface area contributed by atoms with E-state index >= 15 is 0 Å². The minimum Gasteiger partial charge on any atom is -0.462 e. The Morgan fingerprint density at radius 3 is 2.55 bits per heavy atom. The minimum absolute atomic E-state index is 0.133. The Kier molecular flexibility index (Phi) is 4.16. The van der Waals surface area contributed by atoms with Crippen molar-refractivity contribution in [3.05, 3.63) is 47.3 Å². The van der Waals surface area contributed by atoms with Gasteiger partial charge in [-0.2, -0.15) is 18.3 Å².